The highest BCUT2D eigenvalue weighted by Crippen LogP contribution is 2.32. The van der Waals surface area contributed by atoms with Crippen molar-refractivity contribution in [3.8, 4) is 11.5 Å². The van der Waals surface area contributed by atoms with E-state index in [2.05, 4.69) is 10.6 Å². The summed E-state index contributed by atoms with van der Waals surface area (Å²) in [7, 11) is 0. The zero-order valence-corrected chi connectivity index (χ0v) is 14.0. The highest BCUT2D eigenvalue weighted by Gasteiger charge is 2.15. The fourth-order valence-corrected chi connectivity index (χ4v) is 2.58. The van der Waals surface area contributed by atoms with Crippen LogP contribution in [-0.4, -0.2) is 18.6 Å². The van der Waals surface area contributed by atoms with Crippen LogP contribution in [0.1, 0.15) is 30.5 Å². The van der Waals surface area contributed by atoms with Gasteiger partial charge >= 0.3 is 0 Å². The zero-order chi connectivity index (χ0) is 17.6. The van der Waals surface area contributed by atoms with E-state index in [1.54, 1.807) is 6.07 Å². The van der Waals surface area contributed by atoms with Gasteiger partial charge in [0, 0.05) is 6.54 Å². The van der Waals surface area contributed by atoms with E-state index in [1.807, 2.05) is 49.4 Å². The number of nitrogens with one attached hydrogen (secondary N) is 2. The van der Waals surface area contributed by atoms with Crippen LogP contribution in [-0.2, 0) is 16.1 Å². The van der Waals surface area contributed by atoms with Gasteiger partial charge in [-0.25, -0.2) is 0 Å². The topological polar surface area (TPSA) is 76.7 Å². The molecule has 0 aliphatic carbocycles. The lowest BCUT2D eigenvalue weighted by atomic mass is 10.1. The van der Waals surface area contributed by atoms with Gasteiger partial charge < -0.3 is 20.1 Å². The first-order chi connectivity index (χ1) is 12.1. The van der Waals surface area contributed by atoms with E-state index in [-0.39, 0.29) is 31.1 Å². The average Bonchev–Trinajstić information content (AvgIpc) is 3.08. The van der Waals surface area contributed by atoms with E-state index in [1.165, 1.54) is 0 Å². The van der Waals surface area contributed by atoms with Crippen LogP contribution in [0.4, 0.5) is 0 Å². The lowest BCUT2D eigenvalue weighted by Gasteiger charge is -2.14. The predicted octanol–water partition coefficient (Wildman–Crippen LogP) is 2.30. The molecule has 2 amide bonds. The Kier molecular flexibility index (Phi) is 5.18. The molecule has 2 aromatic carbocycles. The minimum atomic E-state index is -0.324. The van der Waals surface area contributed by atoms with Crippen molar-refractivity contribution in [3.05, 3.63) is 59.7 Å². The van der Waals surface area contributed by atoms with Crippen LogP contribution in [0.5, 0.6) is 11.5 Å². The second kappa shape index (κ2) is 7.70. The Morgan fingerprint density at radius 2 is 1.80 bits per heavy atom. The van der Waals surface area contributed by atoms with E-state index in [0.717, 1.165) is 11.1 Å². The molecule has 1 aliphatic heterocycles. The maximum atomic E-state index is 12.0. The summed E-state index contributed by atoms with van der Waals surface area (Å²) >= 11 is 0. The third-order valence-electron chi connectivity index (χ3n) is 3.92. The van der Waals surface area contributed by atoms with E-state index in [0.29, 0.717) is 18.0 Å². The standard InChI is InChI=1S/C19H20N2O4/c1-13(15-5-3-2-4-6-15)21-19(23)10-18(22)20-11-14-7-8-16-17(9-14)25-12-24-16/h2-9,13H,10-12H2,1H3,(H,20,22)(H,21,23). The molecular weight excluding hydrogens is 320 g/mol. The molecule has 25 heavy (non-hydrogen) atoms. The summed E-state index contributed by atoms with van der Waals surface area (Å²) in [6.07, 6.45) is -0.207. The van der Waals surface area contributed by atoms with E-state index >= 15 is 0 Å². The predicted molar refractivity (Wildman–Crippen MR) is 92.0 cm³/mol. The number of rotatable bonds is 6. The van der Waals surface area contributed by atoms with Crippen LogP contribution in [0, 0.1) is 0 Å². The third kappa shape index (κ3) is 4.50. The molecule has 0 saturated carbocycles. The molecule has 1 atom stereocenters. The largest absolute Gasteiger partial charge is 0.454 e. The molecule has 1 unspecified atom stereocenters. The molecule has 0 radical (unpaired) electrons. The van der Waals surface area contributed by atoms with Crippen LogP contribution in [0.3, 0.4) is 0 Å². The summed E-state index contributed by atoms with van der Waals surface area (Å²) in [5, 5.41) is 5.56. The average molecular weight is 340 g/mol. The molecule has 130 valence electrons. The van der Waals surface area contributed by atoms with Crippen LogP contribution in [0.15, 0.2) is 48.5 Å². The number of ether oxygens (including phenoxy) is 2. The highest BCUT2D eigenvalue weighted by molar-refractivity contribution is 5.96. The first-order valence-corrected chi connectivity index (χ1v) is 8.11. The summed E-state index contributed by atoms with van der Waals surface area (Å²) in [6.45, 7) is 2.43. The minimum Gasteiger partial charge on any atom is -0.454 e. The second-order valence-corrected chi connectivity index (χ2v) is 5.84. The minimum absolute atomic E-state index is 0.143. The van der Waals surface area contributed by atoms with E-state index in [9.17, 15) is 9.59 Å². The van der Waals surface area contributed by atoms with Crippen molar-refractivity contribution in [1.82, 2.24) is 10.6 Å². The molecule has 6 nitrogen and oxygen atoms in total. The van der Waals surface area contributed by atoms with Crippen molar-refractivity contribution in [2.45, 2.75) is 25.9 Å². The van der Waals surface area contributed by atoms with Crippen molar-refractivity contribution >= 4 is 11.8 Å². The quantitative estimate of drug-likeness (QED) is 0.791. The Hall–Kier alpha value is -3.02. The maximum absolute atomic E-state index is 12.0. The maximum Gasteiger partial charge on any atom is 0.231 e. The Morgan fingerprint density at radius 3 is 2.60 bits per heavy atom. The Balaban J connectivity index is 1.45. The Morgan fingerprint density at radius 1 is 1.04 bits per heavy atom. The molecule has 0 fully saturated rings. The molecule has 1 heterocycles. The summed E-state index contributed by atoms with van der Waals surface area (Å²) in [4.78, 5) is 23.9. The number of fused-ring (bicyclic) bond motifs is 1. The molecule has 1 aliphatic rings. The van der Waals surface area contributed by atoms with Gasteiger partial charge in [-0.1, -0.05) is 36.4 Å². The number of hydrogen-bond donors (Lipinski definition) is 2. The van der Waals surface area contributed by atoms with Crippen LogP contribution in [0.25, 0.3) is 0 Å². The number of hydrogen-bond acceptors (Lipinski definition) is 4. The van der Waals surface area contributed by atoms with Crippen molar-refractivity contribution in [2.75, 3.05) is 6.79 Å². The zero-order valence-electron chi connectivity index (χ0n) is 14.0. The molecule has 0 saturated heterocycles. The van der Waals surface area contributed by atoms with Crippen molar-refractivity contribution in [1.29, 1.82) is 0 Å². The van der Waals surface area contributed by atoms with Gasteiger partial charge in [-0.3, -0.25) is 9.59 Å². The summed E-state index contributed by atoms with van der Waals surface area (Å²) < 4.78 is 10.5. The summed E-state index contributed by atoms with van der Waals surface area (Å²) in [6, 6.07) is 14.9. The van der Waals surface area contributed by atoms with Gasteiger partial charge in [-0.2, -0.15) is 0 Å². The van der Waals surface area contributed by atoms with Crippen molar-refractivity contribution in [3.63, 3.8) is 0 Å². The molecule has 3 rings (SSSR count). The summed E-state index contributed by atoms with van der Waals surface area (Å²) in [5.74, 6) is 0.737. The molecular formula is C19H20N2O4. The van der Waals surface area contributed by atoms with Crippen LogP contribution in [0.2, 0.25) is 0 Å². The molecule has 0 spiro atoms. The molecule has 2 N–H and O–H groups in total. The van der Waals surface area contributed by atoms with Gasteiger partial charge in [0.1, 0.15) is 6.42 Å². The van der Waals surface area contributed by atoms with Crippen LogP contribution < -0.4 is 20.1 Å². The van der Waals surface area contributed by atoms with Gasteiger partial charge in [0.15, 0.2) is 11.5 Å². The first-order valence-electron chi connectivity index (χ1n) is 8.11. The smallest absolute Gasteiger partial charge is 0.231 e. The van der Waals surface area contributed by atoms with Crippen molar-refractivity contribution in [2.24, 2.45) is 0 Å². The van der Waals surface area contributed by atoms with Crippen LogP contribution >= 0.6 is 0 Å². The second-order valence-electron chi connectivity index (χ2n) is 5.84. The highest BCUT2D eigenvalue weighted by atomic mass is 16.7. The molecule has 2 aromatic rings. The lowest BCUT2D eigenvalue weighted by molar-refractivity contribution is -0.129. The van der Waals surface area contributed by atoms with Gasteiger partial charge in [0.25, 0.3) is 0 Å². The number of benzene rings is 2. The van der Waals surface area contributed by atoms with Gasteiger partial charge in [-0.05, 0) is 30.2 Å². The molecule has 0 aromatic heterocycles. The van der Waals surface area contributed by atoms with Gasteiger partial charge in [0.05, 0.1) is 6.04 Å². The van der Waals surface area contributed by atoms with Gasteiger partial charge in [0.2, 0.25) is 18.6 Å². The first kappa shape index (κ1) is 16.8. The van der Waals surface area contributed by atoms with E-state index < -0.39 is 0 Å². The van der Waals surface area contributed by atoms with Gasteiger partial charge in [-0.15, -0.1) is 0 Å². The molecule has 6 heteroatoms. The Labute approximate surface area is 146 Å². The monoisotopic (exact) mass is 340 g/mol. The fraction of sp³-hybridized carbons (Fsp3) is 0.263. The SMILES string of the molecule is CC(NC(=O)CC(=O)NCc1ccc2c(c1)OCO2)c1ccccc1. The number of amides is 2. The third-order valence-corrected chi connectivity index (χ3v) is 3.92. The Bertz CT molecular complexity index is 761. The lowest BCUT2D eigenvalue weighted by Crippen LogP contribution is -2.33. The van der Waals surface area contributed by atoms with Crippen molar-refractivity contribution < 1.29 is 19.1 Å². The molecule has 0 bridgehead atoms. The normalized spacial score (nSPS) is 13.2. The number of carbonyl (C=O) groups excluding carboxylic acids is 2. The number of carbonyl (C=O) groups is 2. The fourth-order valence-electron chi connectivity index (χ4n) is 2.58. The summed E-state index contributed by atoms with van der Waals surface area (Å²) in [5.41, 5.74) is 1.88. The van der Waals surface area contributed by atoms with E-state index in [4.69, 9.17) is 9.47 Å².